The second-order valence-electron chi connectivity index (χ2n) is 8.30. The van der Waals surface area contributed by atoms with E-state index in [2.05, 4.69) is 16.3 Å². The lowest BCUT2D eigenvalue weighted by Crippen LogP contribution is -2.47. The molecule has 1 atom stereocenters. The number of carbonyl (C=O) groups excluding carboxylic acids is 3. The number of nitrogens with zero attached hydrogens (tertiary/aromatic N) is 1. The quantitative estimate of drug-likeness (QED) is 0.362. The molecule has 34 heavy (non-hydrogen) atoms. The van der Waals surface area contributed by atoms with E-state index in [0.717, 1.165) is 17.7 Å². The minimum absolute atomic E-state index is 0.171. The number of carbonyl (C=O) groups is 3. The fraction of sp³-hybridized carbons (Fsp3) is 0.179. The van der Waals surface area contributed by atoms with Crippen LogP contribution in [0.15, 0.2) is 78.9 Å². The molecule has 0 aromatic heterocycles. The van der Waals surface area contributed by atoms with Crippen LogP contribution < -0.4 is 11.1 Å². The minimum atomic E-state index is -1.08. The zero-order chi connectivity index (χ0) is 24.5. The highest BCUT2D eigenvalue weighted by Crippen LogP contribution is 2.17. The van der Waals surface area contributed by atoms with Crippen molar-refractivity contribution >= 4 is 29.7 Å². The van der Waals surface area contributed by atoms with Gasteiger partial charge in [-0.25, -0.2) is 0 Å². The summed E-state index contributed by atoms with van der Waals surface area (Å²) in [6.07, 6.45) is 4.02. The summed E-state index contributed by atoms with van der Waals surface area (Å²) in [7, 11) is 4.03. The average Bonchev–Trinajstić information content (AvgIpc) is 2.83. The van der Waals surface area contributed by atoms with Crippen molar-refractivity contribution in [2.24, 2.45) is 5.73 Å². The Morgan fingerprint density at radius 2 is 1.44 bits per heavy atom. The van der Waals surface area contributed by atoms with Crippen molar-refractivity contribution in [2.45, 2.75) is 19.0 Å². The van der Waals surface area contributed by atoms with Gasteiger partial charge in [0.2, 0.25) is 5.78 Å². The average molecular weight is 456 g/mol. The number of amides is 2. The molecule has 0 aliphatic rings. The summed E-state index contributed by atoms with van der Waals surface area (Å²) in [6, 6.07) is 23.3. The Kier molecular flexibility index (Phi) is 8.48. The molecule has 0 aliphatic carbocycles. The molecular formula is C28H29N3O3. The Hall–Kier alpha value is -4.03. The number of rotatable bonds is 10. The van der Waals surface area contributed by atoms with Crippen molar-refractivity contribution in [3.63, 3.8) is 0 Å². The fourth-order valence-electron chi connectivity index (χ4n) is 3.68. The number of benzene rings is 3. The van der Waals surface area contributed by atoms with Crippen molar-refractivity contribution in [1.82, 2.24) is 10.2 Å². The van der Waals surface area contributed by atoms with Crippen LogP contribution in [0.2, 0.25) is 0 Å². The minimum Gasteiger partial charge on any atom is -0.363 e. The van der Waals surface area contributed by atoms with Crippen LogP contribution in [-0.2, 0) is 22.6 Å². The van der Waals surface area contributed by atoms with E-state index in [1.54, 1.807) is 12.1 Å². The van der Waals surface area contributed by atoms with E-state index in [4.69, 9.17) is 5.73 Å². The van der Waals surface area contributed by atoms with E-state index < -0.39 is 23.6 Å². The Morgan fingerprint density at radius 3 is 2.12 bits per heavy atom. The predicted octanol–water partition coefficient (Wildman–Crippen LogP) is 3.31. The second-order valence-corrected chi connectivity index (χ2v) is 8.30. The molecule has 6 nitrogen and oxygen atoms in total. The van der Waals surface area contributed by atoms with Crippen LogP contribution in [0.3, 0.4) is 0 Å². The van der Waals surface area contributed by atoms with Crippen molar-refractivity contribution in [3.8, 4) is 0 Å². The maximum absolute atomic E-state index is 13.2. The maximum atomic E-state index is 13.2. The van der Waals surface area contributed by atoms with Crippen LogP contribution in [0, 0.1) is 0 Å². The van der Waals surface area contributed by atoms with Gasteiger partial charge in [-0.3, -0.25) is 14.4 Å². The highest BCUT2D eigenvalue weighted by atomic mass is 16.2. The molecule has 174 valence electrons. The second kappa shape index (κ2) is 11.7. The van der Waals surface area contributed by atoms with E-state index in [-0.39, 0.29) is 6.42 Å². The van der Waals surface area contributed by atoms with Crippen molar-refractivity contribution in [3.05, 3.63) is 107 Å². The van der Waals surface area contributed by atoms with E-state index in [1.165, 1.54) is 5.56 Å². The molecule has 0 bridgehead atoms. The molecule has 6 heteroatoms. The highest BCUT2D eigenvalue weighted by molar-refractivity contribution is 6.38. The van der Waals surface area contributed by atoms with Gasteiger partial charge in [-0.2, -0.15) is 0 Å². The largest absolute Gasteiger partial charge is 0.363 e. The Morgan fingerprint density at radius 1 is 0.853 bits per heavy atom. The fourth-order valence-corrected chi connectivity index (χ4v) is 3.68. The summed E-state index contributed by atoms with van der Waals surface area (Å²) in [4.78, 5) is 39.3. The lowest BCUT2D eigenvalue weighted by atomic mass is 10.00. The lowest BCUT2D eigenvalue weighted by Gasteiger charge is -2.17. The number of primary amides is 1. The monoisotopic (exact) mass is 455 g/mol. The van der Waals surface area contributed by atoms with E-state index in [9.17, 15) is 14.4 Å². The van der Waals surface area contributed by atoms with Gasteiger partial charge in [-0.15, -0.1) is 0 Å². The summed E-state index contributed by atoms with van der Waals surface area (Å²) in [5.41, 5.74) is 9.38. The van der Waals surface area contributed by atoms with Crippen molar-refractivity contribution < 1.29 is 14.4 Å². The number of nitrogens with one attached hydrogen (secondary N) is 1. The molecule has 2 amide bonds. The maximum Gasteiger partial charge on any atom is 0.287 e. The summed E-state index contributed by atoms with van der Waals surface area (Å²) < 4.78 is 0. The van der Waals surface area contributed by atoms with Crippen LogP contribution in [0.4, 0.5) is 0 Å². The number of nitrogens with two attached hydrogens (primary N) is 1. The molecule has 0 aliphatic heterocycles. The van der Waals surface area contributed by atoms with Crippen LogP contribution >= 0.6 is 0 Å². The van der Waals surface area contributed by atoms with E-state index in [0.29, 0.717) is 11.1 Å². The smallest absolute Gasteiger partial charge is 0.287 e. The summed E-state index contributed by atoms with van der Waals surface area (Å²) >= 11 is 0. The normalized spacial score (nSPS) is 12.0. The molecule has 3 N–H and O–H groups in total. The molecule has 3 aromatic carbocycles. The Bertz CT molecular complexity index is 1190. The number of ketones is 1. The van der Waals surface area contributed by atoms with Crippen molar-refractivity contribution in [1.29, 1.82) is 0 Å². The van der Waals surface area contributed by atoms with Gasteiger partial charge in [0, 0.05) is 18.5 Å². The zero-order valence-electron chi connectivity index (χ0n) is 19.4. The van der Waals surface area contributed by atoms with E-state index >= 15 is 0 Å². The molecule has 0 radical (unpaired) electrons. The molecule has 0 heterocycles. The predicted molar refractivity (Wildman–Crippen MR) is 135 cm³/mol. The molecule has 0 spiro atoms. The summed E-state index contributed by atoms with van der Waals surface area (Å²) in [5, 5.41) is 2.71. The van der Waals surface area contributed by atoms with Gasteiger partial charge in [0.1, 0.15) is 6.04 Å². The molecule has 3 aromatic rings. The molecule has 3 rings (SSSR count). The molecule has 0 fully saturated rings. The van der Waals surface area contributed by atoms with Gasteiger partial charge in [-0.05, 0) is 42.4 Å². The zero-order valence-corrected chi connectivity index (χ0v) is 19.4. The topological polar surface area (TPSA) is 92.5 Å². The summed E-state index contributed by atoms with van der Waals surface area (Å²) in [6.45, 7) is 0.791. The third-order valence-electron chi connectivity index (χ3n) is 5.34. The highest BCUT2D eigenvalue weighted by Gasteiger charge is 2.26. The van der Waals surface area contributed by atoms with Gasteiger partial charge in [-0.1, -0.05) is 84.9 Å². The molecule has 0 saturated carbocycles. The van der Waals surface area contributed by atoms with Crippen LogP contribution in [0.25, 0.3) is 12.2 Å². The number of Topliss-reactive ketones (excluding diaryl/α,β-unsaturated/α-hetero) is 1. The molecule has 1 unspecified atom stereocenters. The first-order chi connectivity index (χ1) is 16.3. The first-order valence-electron chi connectivity index (χ1n) is 11.0. The van der Waals surface area contributed by atoms with E-state index in [1.807, 2.05) is 86.9 Å². The third-order valence-corrected chi connectivity index (χ3v) is 5.34. The van der Waals surface area contributed by atoms with Crippen LogP contribution in [0.5, 0.6) is 0 Å². The third kappa shape index (κ3) is 6.73. The van der Waals surface area contributed by atoms with Gasteiger partial charge in [0.05, 0.1) is 0 Å². The van der Waals surface area contributed by atoms with Gasteiger partial charge < -0.3 is 16.0 Å². The first-order valence-corrected chi connectivity index (χ1v) is 11.0. The standard InChI is InChI=1S/C28H29N3O3/c1-31(2)19-23-14-7-6-12-21(23)16-17-22-13-8-9-15-24(22)28(34)30-25(26(32)27(29)33)18-20-10-4-3-5-11-20/h3-17,25H,18-19H2,1-2H3,(H2,29,33)(H,30,34)/b17-16+. The SMILES string of the molecule is CN(C)Cc1ccccc1/C=C/c1ccccc1C(=O)NC(Cc1ccccc1)C(=O)C(N)=O. The Labute approximate surface area is 200 Å². The number of hydrogen-bond donors (Lipinski definition) is 2. The summed E-state index contributed by atoms with van der Waals surface area (Å²) in [5.74, 6) is -2.35. The molecular weight excluding hydrogens is 426 g/mol. The first kappa shape index (κ1) is 24.6. The van der Waals surface area contributed by atoms with Crippen LogP contribution in [-0.4, -0.2) is 42.6 Å². The van der Waals surface area contributed by atoms with Gasteiger partial charge >= 0.3 is 0 Å². The van der Waals surface area contributed by atoms with Crippen molar-refractivity contribution in [2.75, 3.05) is 14.1 Å². The van der Waals surface area contributed by atoms with Gasteiger partial charge in [0.25, 0.3) is 11.8 Å². The Balaban J connectivity index is 1.85. The van der Waals surface area contributed by atoms with Gasteiger partial charge in [0.15, 0.2) is 0 Å². The lowest BCUT2D eigenvalue weighted by molar-refractivity contribution is -0.137. The van der Waals surface area contributed by atoms with Crippen LogP contribution in [0.1, 0.15) is 32.6 Å². The number of hydrogen-bond acceptors (Lipinski definition) is 4. The molecule has 0 saturated heterocycles.